The number of nitrogens with zero attached hydrogens (tertiary/aromatic N) is 5. The topological polar surface area (TPSA) is 116 Å². The van der Waals surface area contributed by atoms with Crippen LogP contribution < -0.4 is 5.73 Å². The summed E-state index contributed by atoms with van der Waals surface area (Å²) in [5.41, 5.74) is 5.86. The van der Waals surface area contributed by atoms with E-state index in [0.717, 1.165) is 0 Å². The molecule has 0 saturated carbocycles. The van der Waals surface area contributed by atoms with Gasteiger partial charge in [-0.25, -0.2) is 4.63 Å². The molecular weight excluding hydrogens is 188 g/mol. The third kappa shape index (κ3) is 1.31. The second-order valence-corrected chi connectivity index (χ2v) is 2.74. The average Bonchev–Trinajstić information content (AvgIpc) is 2.71. The molecule has 0 aliphatic rings. The van der Waals surface area contributed by atoms with Crippen LogP contribution in [0, 0.1) is 0 Å². The van der Waals surface area contributed by atoms with Gasteiger partial charge in [-0.3, -0.25) is 0 Å². The normalized spacial score (nSPS) is 13.0. The van der Waals surface area contributed by atoms with Gasteiger partial charge in [0.25, 0.3) is 0 Å². The molecule has 8 nitrogen and oxygen atoms in total. The molecule has 0 aromatic carbocycles. The van der Waals surface area contributed by atoms with E-state index in [1.807, 2.05) is 0 Å². The molecule has 2 aromatic heterocycles. The SMILES string of the molecule is C[C@@H](O)c1cn(-c2nonc2N)nn1. The molecule has 2 rings (SSSR count). The van der Waals surface area contributed by atoms with Gasteiger partial charge in [0.1, 0.15) is 5.69 Å². The summed E-state index contributed by atoms with van der Waals surface area (Å²) in [4.78, 5) is 0. The van der Waals surface area contributed by atoms with Crippen LogP contribution in [0.3, 0.4) is 0 Å². The van der Waals surface area contributed by atoms with E-state index in [9.17, 15) is 5.11 Å². The van der Waals surface area contributed by atoms with Gasteiger partial charge in [-0.1, -0.05) is 5.21 Å². The van der Waals surface area contributed by atoms with Gasteiger partial charge < -0.3 is 10.8 Å². The largest absolute Gasteiger partial charge is 0.387 e. The maximum absolute atomic E-state index is 9.20. The van der Waals surface area contributed by atoms with Crippen molar-refractivity contribution in [2.24, 2.45) is 0 Å². The fraction of sp³-hybridized carbons (Fsp3) is 0.333. The van der Waals surface area contributed by atoms with E-state index in [0.29, 0.717) is 5.69 Å². The summed E-state index contributed by atoms with van der Waals surface area (Å²) in [5, 5.41) is 23.5. The van der Waals surface area contributed by atoms with Crippen molar-refractivity contribution in [1.82, 2.24) is 25.3 Å². The number of aromatic nitrogens is 5. The van der Waals surface area contributed by atoms with Gasteiger partial charge in [-0.15, -0.1) is 5.10 Å². The summed E-state index contributed by atoms with van der Waals surface area (Å²) in [6, 6.07) is 0. The highest BCUT2D eigenvalue weighted by atomic mass is 16.6. The lowest BCUT2D eigenvalue weighted by molar-refractivity contribution is 0.194. The zero-order valence-electron chi connectivity index (χ0n) is 7.32. The molecule has 0 fully saturated rings. The van der Waals surface area contributed by atoms with E-state index in [-0.39, 0.29) is 11.6 Å². The van der Waals surface area contributed by atoms with Gasteiger partial charge in [0, 0.05) is 0 Å². The Kier molecular flexibility index (Phi) is 1.89. The molecule has 0 radical (unpaired) electrons. The number of aliphatic hydroxyl groups excluding tert-OH is 1. The standard InChI is InChI=1S/C6H8N6O2/c1-3(13)4-2-12(11-8-4)6-5(7)9-14-10-6/h2-3,13H,1H3,(H2,7,9)/t3-/m1/s1. The smallest absolute Gasteiger partial charge is 0.243 e. The van der Waals surface area contributed by atoms with Gasteiger partial charge >= 0.3 is 0 Å². The Bertz CT molecular complexity index is 433. The maximum atomic E-state index is 9.20. The number of nitrogen functional groups attached to an aromatic ring is 1. The van der Waals surface area contributed by atoms with Gasteiger partial charge in [0.2, 0.25) is 11.6 Å². The second kappa shape index (κ2) is 3.07. The predicted molar refractivity (Wildman–Crippen MR) is 44.3 cm³/mol. The van der Waals surface area contributed by atoms with Gasteiger partial charge in [0.15, 0.2) is 0 Å². The molecule has 0 amide bonds. The molecule has 0 bridgehead atoms. The molecule has 1 atom stereocenters. The van der Waals surface area contributed by atoms with E-state index < -0.39 is 6.10 Å². The van der Waals surface area contributed by atoms with Crippen molar-refractivity contribution < 1.29 is 9.74 Å². The van der Waals surface area contributed by atoms with Crippen LogP contribution in [0.25, 0.3) is 5.82 Å². The average molecular weight is 196 g/mol. The molecule has 0 unspecified atom stereocenters. The number of rotatable bonds is 2. The molecule has 14 heavy (non-hydrogen) atoms. The highest BCUT2D eigenvalue weighted by Gasteiger charge is 2.12. The molecule has 0 aliphatic carbocycles. The fourth-order valence-electron chi connectivity index (χ4n) is 0.922. The first-order valence-electron chi connectivity index (χ1n) is 3.87. The molecule has 2 heterocycles. The minimum Gasteiger partial charge on any atom is -0.387 e. The number of hydrogen-bond acceptors (Lipinski definition) is 7. The lowest BCUT2D eigenvalue weighted by Gasteiger charge is -1.94. The van der Waals surface area contributed by atoms with Gasteiger partial charge in [0.05, 0.1) is 12.3 Å². The zero-order valence-corrected chi connectivity index (χ0v) is 7.32. The predicted octanol–water partition coefficient (Wildman–Crippen LogP) is -0.714. The molecule has 8 heteroatoms. The van der Waals surface area contributed by atoms with E-state index in [4.69, 9.17) is 5.73 Å². The number of hydrogen-bond donors (Lipinski definition) is 2. The Balaban J connectivity index is 2.39. The van der Waals surface area contributed by atoms with Crippen LogP contribution in [-0.2, 0) is 0 Å². The number of aliphatic hydroxyl groups is 1. The van der Waals surface area contributed by atoms with Crippen molar-refractivity contribution in [2.75, 3.05) is 5.73 Å². The van der Waals surface area contributed by atoms with E-state index in [1.165, 1.54) is 10.9 Å². The number of anilines is 1. The van der Waals surface area contributed by atoms with Crippen molar-refractivity contribution in [2.45, 2.75) is 13.0 Å². The quantitative estimate of drug-likeness (QED) is 0.651. The lowest BCUT2D eigenvalue weighted by Crippen LogP contribution is -1.99. The molecular formula is C6H8N6O2. The highest BCUT2D eigenvalue weighted by molar-refractivity contribution is 5.43. The van der Waals surface area contributed by atoms with Crippen LogP contribution in [0.2, 0.25) is 0 Å². The Labute approximate surface area is 78.3 Å². The molecule has 0 aliphatic heterocycles. The van der Waals surface area contributed by atoms with Crippen molar-refractivity contribution >= 4 is 5.82 Å². The Morgan fingerprint density at radius 1 is 1.57 bits per heavy atom. The van der Waals surface area contributed by atoms with Crippen LogP contribution in [-0.4, -0.2) is 30.4 Å². The lowest BCUT2D eigenvalue weighted by atomic mass is 10.3. The molecule has 0 saturated heterocycles. The van der Waals surface area contributed by atoms with Crippen LogP contribution in [0.1, 0.15) is 18.7 Å². The number of nitrogens with two attached hydrogens (primary N) is 1. The molecule has 3 N–H and O–H groups in total. The van der Waals surface area contributed by atoms with Crippen molar-refractivity contribution in [3.8, 4) is 5.82 Å². The molecule has 74 valence electrons. The van der Waals surface area contributed by atoms with Gasteiger partial charge in [-0.05, 0) is 17.2 Å². The van der Waals surface area contributed by atoms with Gasteiger partial charge in [-0.2, -0.15) is 4.68 Å². The third-order valence-corrected chi connectivity index (χ3v) is 1.65. The Morgan fingerprint density at radius 3 is 2.86 bits per heavy atom. The summed E-state index contributed by atoms with van der Waals surface area (Å²) in [7, 11) is 0. The second-order valence-electron chi connectivity index (χ2n) is 2.74. The summed E-state index contributed by atoms with van der Waals surface area (Å²) in [6.45, 7) is 1.58. The zero-order chi connectivity index (χ0) is 10.1. The summed E-state index contributed by atoms with van der Waals surface area (Å²) < 4.78 is 5.68. The first-order valence-corrected chi connectivity index (χ1v) is 3.87. The first-order chi connectivity index (χ1) is 6.68. The Morgan fingerprint density at radius 2 is 2.36 bits per heavy atom. The fourth-order valence-corrected chi connectivity index (χ4v) is 0.922. The monoisotopic (exact) mass is 196 g/mol. The van der Waals surface area contributed by atoms with E-state index in [1.54, 1.807) is 6.92 Å². The maximum Gasteiger partial charge on any atom is 0.243 e. The summed E-state index contributed by atoms with van der Waals surface area (Å²) in [6.07, 6.45) is 0.811. The summed E-state index contributed by atoms with van der Waals surface area (Å²) in [5.74, 6) is 0.372. The molecule has 2 aromatic rings. The van der Waals surface area contributed by atoms with Crippen LogP contribution in [0.15, 0.2) is 10.8 Å². The minimum atomic E-state index is -0.690. The van der Waals surface area contributed by atoms with Crippen LogP contribution >= 0.6 is 0 Å². The van der Waals surface area contributed by atoms with Crippen molar-refractivity contribution in [1.29, 1.82) is 0 Å². The minimum absolute atomic E-state index is 0.118. The van der Waals surface area contributed by atoms with E-state index in [2.05, 4.69) is 25.3 Å². The Hall–Kier alpha value is -1.96. The highest BCUT2D eigenvalue weighted by Crippen LogP contribution is 2.12. The summed E-state index contributed by atoms with van der Waals surface area (Å²) >= 11 is 0. The van der Waals surface area contributed by atoms with Crippen LogP contribution in [0.4, 0.5) is 5.82 Å². The van der Waals surface area contributed by atoms with Crippen molar-refractivity contribution in [3.05, 3.63) is 11.9 Å². The van der Waals surface area contributed by atoms with E-state index >= 15 is 0 Å². The first kappa shape index (κ1) is 8.63. The molecule has 0 spiro atoms. The van der Waals surface area contributed by atoms with Crippen molar-refractivity contribution in [3.63, 3.8) is 0 Å². The third-order valence-electron chi connectivity index (χ3n) is 1.65. The van der Waals surface area contributed by atoms with Crippen LogP contribution in [0.5, 0.6) is 0 Å².